The molecule has 0 amide bonds. The van der Waals surface area contributed by atoms with Gasteiger partial charge < -0.3 is 39.5 Å². The molecule has 0 fully saturated rings. The molecule has 0 aliphatic carbocycles. The second-order valence-corrected chi connectivity index (χ2v) is 12.8. The van der Waals surface area contributed by atoms with Crippen LogP contribution in [0.4, 0.5) is 10.6 Å². The number of unbranched alkanes of at least 4 members (excludes halogenated alkanes) is 5. The number of esters is 1. The van der Waals surface area contributed by atoms with Gasteiger partial charge in [0.2, 0.25) is 6.79 Å². The van der Waals surface area contributed by atoms with Crippen LogP contribution in [0, 0.1) is 0 Å². The zero-order valence-electron chi connectivity index (χ0n) is 27.9. The standard InChI is InChI=1S/C25H43N6O8P.C4H4O4/c1-6-7-8-9-10-11-12-35-24(32)20(5)30-40(34,38-16-36-25(33)39-18(2)3)17-37-19(4)13-31-15-29-21-22(26)27-14-28-23(21)31;5-3(6)1-2-4(7)8/h14-15,18-20H,6-13,16-17H2,1-5H3,(H,30,34)(H2,26,27,28);1-2H,(H,5,6)(H,7,8)/b;2-1+/t19-,20+,40?;/m1./s1. The smallest absolute Gasteiger partial charge is 0.478 e. The first-order chi connectivity index (χ1) is 22.7. The van der Waals surface area contributed by atoms with Crippen LogP contribution in [-0.4, -0.2) is 91.8 Å². The van der Waals surface area contributed by atoms with Crippen LogP contribution in [0.2, 0.25) is 0 Å². The predicted molar refractivity (Wildman–Crippen MR) is 173 cm³/mol. The van der Waals surface area contributed by atoms with E-state index in [9.17, 15) is 23.7 Å². The van der Waals surface area contributed by atoms with Crippen LogP contribution < -0.4 is 10.8 Å². The number of rotatable bonds is 21. The van der Waals surface area contributed by atoms with Gasteiger partial charge in [0.05, 0.1) is 31.7 Å². The van der Waals surface area contributed by atoms with Gasteiger partial charge in [0.1, 0.15) is 24.2 Å². The summed E-state index contributed by atoms with van der Waals surface area (Å²) in [4.78, 5) is 55.7. The molecule has 3 atom stereocenters. The number of nitrogens with one attached hydrogen (secondary N) is 1. The lowest BCUT2D eigenvalue weighted by atomic mass is 10.1. The van der Waals surface area contributed by atoms with Crippen molar-refractivity contribution in [2.75, 3.05) is 25.5 Å². The van der Waals surface area contributed by atoms with Crippen molar-refractivity contribution >= 4 is 48.6 Å². The molecule has 5 N–H and O–H groups in total. The molecule has 1 unspecified atom stereocenters. The van der Waals surface area contributed by atoms with Gasteiger partial charge in [-0.05, 0) is 34.1 Å². The van der Waals surface area contributed by atoms with Gasteiger partial charge in [-0.15, -0.1) is 0 Å². The molecule has 0 aliphatic rings. The summed E-state index contributed by atoms with van der Waals surface area (Å²) in [5, 5.41) is 18.3. The minimum absolute atomic E-state index is 0.257. The minimum atomic E-state index is -3.85. The van der Waals surface area contributed by atoms with E-state index in [0.29, 0.717) is 29.9 Å². The van der Waals surface area contributed by atoms with Crippen LogP contribution in [0.15, 0.2) is 24.8 Å². The number of nitrogens with two attached hydrogens (primary N) is 1. The van der Waals surface area contributed by atoms with Gasteiger partial charge in [-0.1, -0.05) is 39.0 Å². The van der Waals surface area contributed by atoms with E-state index in [1.165, 1.54) is 19.7 Å². The molecule has 2 aromatic rings. The number of ether oxygens (including phenoxy) is 4. The summed E-state index contributed by atoms with van der Waals surface area (Å²) in [5.41, 5.74) is 6.83. The fraction of sp³-hybridized carbons (Fsp3) is 0.621. The topological polar surface area (TPSA) is 254 Å². The first kappa shape index (κ1) is 41.9. The molecular formula is C29H47N6O12P. The highest BCUT2D eigenvalue weighted by atomic mass is 31.2. The van der Waals surface area contributed by atoms with Crippen molar-refractivity contribution in [3.8, 4) is 0 Å². The maximum atomic E-state index is 13.6. The van der Waals surface area contributed by atoms with Crippen LogP contribution in [-0.2, 0) is 49.0 Å². The third kappa shape index (κ3) is 17.7. The van der Waals surface area contributed by atoms with Crippen molar-refractivity contribution in [1.82, 2.24) is 24.6 Å². The summed E-state index contributed by atoms with van der Waals surface area (Å²) in [7, 11) is -3.85. The summed E-state index contributed by atoms with van der Waals surface area (Å²) in [5.74, 6) is -2.83. The molecule has 18 nitrogen and oxygen atoms in total. The van der Waals surface area contributed by atoms with Crippen molar-refractivity contribution in [2.24, 2.45) is 0 Å². The molecule has 2 aromatic heterocycles. The lowest BCUT2D eigenvalue weighted by Crippen LogP contribution is -2.35. The highest BCUT2D eigenvalue weighted by Crippen LogP contribution is 2.43. The Morgan fingerprint density at radius 1 is 0.979 bits per heavy atom. The molecule has 48 heavy (non-hydrogen) atoms. The van der Waals surface area contributed by atoms with Gasteiger partial charge in [-0.2, -0.15) is 0 Å². The SMILES string of the molecule is CCCCCCCCOC(=O)[C@H](C)NP(=O)(CO[C@H](C)Cn1cnc2c(N)ncnc21)OCOC(=O)OC(C)C.O=C(O)/C=C/C(=O)O. The van der Waals surface area contributed by atoms with Crippen LogP contribution in [0.1, 0.15) is 73.1 Å². The monoisotopic (exact) mass is 702 g/mol. The Balaban J connectivity index is 0.00000127. The Bertz CT molecular complexity index is 1370. The molecule has 2 rings (SSSR count). The van der Waals surface area contributed by atoms with E-state index in [1.807, 2.05) is 0 Å². The lowest BCUT2D eigenvalue weighted by Gasteiger charge is -2.24. The third-order valence-corrected chi connectivity index (χ3v) is 7.83. The van der Waals surface area contributed by atoms with Gasteiger partial charge in [0.15, 0.2) is 11.5 Å². The molecule has 0 saturated carbocycles. The number of hydrogen-bond donors (Lipinski definition) is 4. The number of fused-ring (bicyclic) bond motifs is 1. The first-order valence-electron chi connectivity index (χ1n) is 15.4. The van der Waals surface area contributed by atoms with E-state index in [4.69, 9.17) is 39.4 Å². The van der Waals surface area contributed by atoms with Crippen molar-refractivity contribution in [3.05, 3.63) is 24.8 Å². The van der Waals surface area contributed by atoms with Crippen molar-refractivity contribution in [3.63, 3.8) is 0 Å². The Morgan fingerprint density at radius 3 is 2.25 bits per heavy atom. The van der Waals surface area contributed by atoms with E-state index in [-0.39, 0.29) is 12.4 Å². The number of carbonyl (C=O) groups excluding carboxylic acids is 2. The Kier molecular flexibility index (Phi) is 19.6. The number of aromatic nitrogens is 4. The predicted octanol–water partition coefficient (Wildman–Crippen LogP) is 4.09. The molecule has 2 heterocycles. The Morgan fingerprint density at radius 2 is 1.62 bits per heavy atom. The van der Waals surface area contributed by atoms with Gasteiger partial charge in [-0.3, -0.25) is 13.9 Å². The first-order valence-corrected chi connectivity index (χ1v) is 17.2. The van der Waals surface area contributed by atoms with Crippen molar-refractivity contribution in [2.45, 2.75) is 97.9 Å². The average Bonchev–Trinajstić information content (AvgIpc) is 3.42. The third-order valence-electron chi connectivity index (χ3n) is 6.04. The average molecular weight is 703 g/mol. The van der Waals surface area contributed by atoms with E-state index in [2.05, 4.69) is 27.0 Å². The number of carbonyl (C=O) groups is 4. The zero-order valence-corrected chi connectivity index (χ0v) is 28.8. The number of aliphatic carboxylic acids is 2. The second kappa shape index (κ2) is 22.4. The molecule has 0 bridgehead atoms. The number of imidazole rings is 1. The van der Waals surface area contributed by atoms with Gasteiger partial charge in [-0.25, -0.2) is 34.4 Å². The fourth-order valence-corrected chi connectivity index (χ4v) is 5.35. The summed E-state index contributed by atoms with van der Waals surface area (Å²) < 4.78 is 41.6. The number of nitrogen functional groups attached to an aromatic ring is 1. The van der Waals surface area contributed by atoms with Gasteiger partial charge >= 0.3 is 24.1 Å². The number of carboxylic acids is 2. The van der Waals surface area contributed by atoms with Crippen LogP contribution in [0.5, 0.6) is 0 Å². The van der Waals surface area contributed by atoms with Crippen LogP contribution >= 0.6 is 7.52 Å². The van der Waals surface area contributed by atoms with E-state index < -0.39 is 63.0 Å². The highest BCUT2D eigenvalue weighted by molar-refractivity contribution is 7.56. The molecule has 0 aromatic carbocycles. The normalized spacial score (nSPS) is 13.7. The lowest BCUT2D eigenvalue weighted by molar-refractivity contribution is -0.145. The maximum absolute atomic E-state index is 13.6. The largest absolute Gasteiger partial charge is 0.510 e. The molecule has 0 radical (unpaired) electrons. The number of anilines is 1. The van der Waals surface area contributed by atoms with E-state index >= 15 is 0 Å². The van der Waals surface area contributed by atoms with E-state index in [1.54, 1.807) is 31.7 Å². The van der Waals surface area contributed by atoms with Crippen LogP contribution in [0.3, 0.4) is 0 Å². The number of carboxylic acid groups (broad SMARTS) is 2. The number of hydrogen-bond acceptors (Lipinski definition) is 14. The van der Waals surface area contributed by atoms with Gasteiger partial charge in [0, 0.05) is 12.2 Å². The molecule has 0 saturated heterocycles. The van der Waals surface area contributed by atoms with E-state index in [0.717, 1.165) is 32.1 Å². The van der Waals surface area contributed by atoms with Crippen molar-refractivity contribution < 1.29 is 57.4 Å². The Hall–Kier alpha value is -4.12. The number of nitrogens with zero attached hydrogens (tertiary/aromatic N) is 4. The molecule has 0 aliphatic heterocycles. The summed E-state index contributed by atoms with van der Waals surface area (Å²) in [6.45, 7) is 8.65. The minimum Gasteiger partial charge on any atom is -0.478 e. The Labute approximate surface area is 278 Å². The van der Waals surface area contributed by atoms with Gasteiger partial charge in [0.25, 0.3) is 7.52 Å². The quantitative estimate of drug-likeness (QED) is 0.0469. The molecule has 0 spiro atoms. The fourth-order valence-electron chi connectivity index (χ4n) is 3.76. The molecule has 19 heteroatoms. The molecular weight excluding hydrogens is 655 g/mol. The summed E-state index contributed by atoms with van der Waals surface area (Å²) in [6.07, 6.45) is 8.06. The van der Waals surface area contributed by atoms with Crippen molar-refractivity contribution in [1.29, 1.82) is 0 Å². The second-order valence-electron chi connectivity index (χ2n) is 10.7. The zero-order chi connectivity index (χ0) is 36.1. The summed E-state index contributed by atoms with van der Waals surface area (Å²) in [6, 6.07) is -0.968. The summed E-state index contributed by atoms with van der Waals surface area (Å²) >= 11 is 0. The molecule has 270 valence electrons. The maximum Gasteiger partial charge on any atom is 0.510 e. The van der Waals surface area contributed by atoms with Crippen LogP contribution in [0.25, 0.3) is 11.2 Å². The highest BCUT2D eigenvalue weighted by Gasteiger charge is 2.31.